The van der Waals surface area contributed by atoms with Crippen molar-refractivity contribution in [2.45, 2.75) is 50.2 Å². The summed E-state index contributed by atoms with van der Waals surface area (Å²) >= 11 is 9.57. The number of sulfonamides is 1. The van der Waals surface area contributed by atoms with Gasteiger partial charge in [-0.25, -0.2) is 8.42 Å². The third-order valence-corrected chi connectivity index (χ3v) is 9.83. The van der Waals surface area contributed by atoms with Crippen LogP contribution in [-0.4, -0.2) is 43.8 Å². The Labute approximate surface area is 273 Å². The molecule has 4 aromatic rings. The topological polar surface area (TPSA) is 86.8 Å². The molecule has 4 rings (SSSR count). The van der Waals surface area contributed by atoms with Crippen LogP contribution in [0.4, 0.5) is 5.69 Å². The highest BCUT2D eigenvalue weighted by molar-refractivity contribution is 9.10. The highest BCUT2D eigenvalue weighted by atomic mass is 79.9. The van der Waals surface area contributed by atoms with Crippen molar-refractivity contribution in [3.8, 4) is 0 Å². The molecule has 0 fully saturated rings. The smallest absolute Gasteiger partial charge is 0.264 e. The molecule has 230 valence electrons. The molecule has 0 aliphatic heterocycles. The normalized spacial score (nSPS) is 12.6. The Bertz CT molecular complexity index is 1640. The Morgan fingerprint density at radius 1 is 0.841 bits per heavy atom. The third-order valence-electron chi connectivity index (χ3n) is 7.26. The van der Waals surface area contributed by atoms with Gasteiger partial charge in [-0.2, -0.15) is 0 Å². The number of anilines is 1. The molecule has 0 saturated heterocycles. The monoisotopic (exact) mass is 695 g/mol. The summed E-state index contributed by atoms with van der Waals surface area (Å²) in [5, 5.41) is 3.47. The molecule has 10 heteroatoms. The quantitative estimate of drug-likeness (QED) is 0.166. The van der Waals surface area contributed by atoms with E-state index in [9.17, 15) is 18.0 Å². The first kappa shape index (κ1) is 33.2. The van der Waals surface area contributed by atoms with E-state index >= 15 is 0 Å². The minimum atomic E-state index is -4.17. The minimum Gasteiger partial charge on any atom is -0.352 e. The molecule has 0 unspecified atom stereocenters. The first-order valence-electron chi connectivity index (χ1n) is 14.3. The average Bonchev–Trinajstić information content (AvgIpc) is 3.03. The number of carbonyl (C=O) groups is 2. The zero-order valence-corrected chi connectivity index (χ0v) is 27.7. The van der Waals surface area contributed by atoms with Crippen molar-refractivity contribution in [2.75, 3.05) is 10.8 Å². The van der Waals surface area contributed by atoms with Crippen molar-refractivity contribution in [3.63, 3.8) is 0 Å². The van der Waals surface area contributed by atoms with Crippen LogP contribution in [0, 0.1) is 0 Å². The average molecular weight is 697 g/mol. The molecule has 0 aliphatic carbocycles. The summed E-state index contributed by atoms with van der Waals surface area (Å²) in [5.74, 6) is -0.833. The molecule has 4 aromatic carbocycles. The first-order valence-corrected chi connectivity index (χ1v) is 16.9. The molecular formula is C34H35BrClN3O4S. The number of nitrogens with zero attached hydrogens (tertiary/aromatic N) is 2. The molecule has 7 nitrogen and oxygen atoms in total. The lowest BCUT2D eigenvalue weighted by atomic mass is 10.0. The second-order valence-electron chi connectivity index (χ2n) is 10.5. The van der Waals surface area contributed by atoms with E-state index in [-0.39, 0.29) is 35.5 Å². The fourth-order valence-corrected chi connectivity index (χ4v) is 6.46. The van der Waals surface area contributed by atoms with Crippen LogP contribution in [0.5, 0.6) is 0 Å². The van der Waals surface area contributed by atoms with Crippen molar-refractivity contribution in [2.24, 2.45) is 0 Å². The molecule has 0 radical (unpaired) electrons. The number of amides is 2. The van der Waals surface area contributed by atoms with Gasteiger partial charge in [-0.05, 0) is 73.0 Å². The van der Waals surface area contributed by atoms with Gasteiger partial charge in [0.25, 0.3) is 10.0 Å². The van der Waals surface area contributed by atoms with Crippen LogP contribution in [0.3, 0.4) is 0 Å². The second-order valence-corrected chi connectivity index (χ2v) is 13.7. The zero-order chi connectivity index (χ0) is 31.7. The number of nitrogens with one attached hydrogen (secondary N) is 1. The highest BCUT2D eigenvalue weighted by Gasteiger charge is 2.35. The molecule has 2 atom stereocenters. The first-order chi connectivity index (χ1) is 21.1. The van der Waals surface area contributed by atoms with Gasteiger partial charge in [0.05, 0.1) is 10.6 Å². The van der Waals surface area contributed by atoms with Crippen LogP contribution < -0.4 is 9.62 Å². The van der Waals surface area contributed by atoms with Crippen molar-refractivity contribution in [1.82, 2.24) is 10.2 Å². The summed E-state index contributed by atoms with van der Waals surface area (Å²) in [5.41, 5.74) is 1.94. The van der Waals surface area contributed by atoms with Crippen molar-refractivity contribution in [1.29, 1.82) is 0 Å². The van der Waals surface area contributed by atoms with Crippen molar-refractivity contribution < 1.29 is 18.0 Å². The Balaban J connectivity index is 1.79. The summed E-state index contributed by atoms with van der Waals surface area (Å²) in [7, 11) is -4.17. The van der Waals surface area contributed by atoms with E-state index in [1.54, 1.807) is 42.5 Å². The number of rotatable bonds is 13. The maximum absolute atomic E-state index is 14.4. The van der Waals surface area contributed by atoms with E-state index in [1.165, 1.54) is 17.0 Å². The summed E-state index contributed by atoms with van der Waals surface area (Å²) in [6.07, 6.45) is 0.960. The summed E-state index contributed by atoms with van der Waals surface area (Å²) in [6.45, 7) is 3.45. The molecule has 0 aromatic heterocycles. The highest BCUT2D eigenvalue weighted by Crippen LogP contribution is 2.26. The van der Waals surface area contributed by atoms with Gasteiger partial charge in [-0.15, -0.1) is 0 Å². The van der Waals surface area contributed by atoms with Gasteiger partial charge in [-0.1, -0.05) is 95.1 Å². The SMILES string of the molecule is CC[C@H](C)NC(=O)[C@@H](Cc1ccccc1)N(Cc1ccc(Br)cc1)C(=O)CN(c1ccc(Cl)cc1)S(=O)(=O)c1ccccc1. The van der Waals surface area contributed by atoms with Crippen LogP contribution in [0.25, 0.3) is 0 Å². The molecule has 0 heterocycles. The van der Waals surface area contributed by atoms with Crippen LogP contribution in [0.1, 0.15) is 31.4 Å². The van der Waals surface area contributed by atoms with Gasteiger partial charge in [0.15, 0.2) is 0 Å². The van der Waals surface area contributed by atoms with E-state index in [0.29, 0.717) is 11.4 Å². The largest absolute Gasteiger partial charge is 0.352 e. The molecule has 0 bridgehead atoms. The number of hydrogen-bond acceptors (Lipinski definition) is 4. The van der Waals surface area contributed by atoms with E-state index < -0.39 is 28.5 Å². The van der Waals surface area contributed by atoms with Crippen molar-refractivity contribution in [3.05, 3.63) is 130 Å². The molecular weight excluding hydrogens is 662 g/mol. The Kier molecular flexibility index (Phi) is 11.6. The predicted molar refractivity (Wildman–Crippen MR) is 179 cm³/mol. The third kappa shape index (κ3) is 8.71. The van der Waals surface area contributed by atoms with Gasteiger partial charge in [0.2, 0.25) is 11.8 Å². The summed E-state index contributed by atoms with van der Waals surface area (Å²) in [6, 6.07) is 30.1. The number of halogens is 2. The van der Waals surface area contributed by atoms with Crippen LogP contribution in [0.15, 0.2) is 119 Å². The number of carbonyl (C=O) groups excluding carboxylic acids is 2. The Hall–Kier alpha value is -3.66. The number of benzene rings is 4. The van der Waals surface area contributed by atoms with E-state index in [4.69, 9.17) is 11.6 Å². The lowest BCUT2D eigenvalue weighted by Gasteiger charge is -2.34. The zero-order valence-electron chi connectivity index (χ0n) is 24.6. The molecule has 2 amide bonds. The summed E-state index contributed by atoms with van der Waals surface area (Å²) < 4.78 is 29.9. The van der Waals surface area contributed by atoms with Gasteiger partial charge >= 0.3 is 0 Å². The van der Waals surface area contributed by atoms with Gasteiger partial charge in [-0.3, -0.25) is 13.9 Å². The maximum Gasteiger partial charge on any atom is 0.264 e. The van der Waals surface area contributed by atoms with E-state index in [2.05, 4.69) is 21.2 Å². The summed E-state index contributed by atoms with van der Waals surface area (Å²) in [4.78, 5) is 29.8. The standard InChI is InChI=1S/C34H35BrClN3O4S/c1-3-25(2)37-34(41)32(22-26-10-6-4-7-11-26)38(23-27-14-16-28(35)17-15-27)33(40)24-39(30-20-18-29(36)19-21-30)44(42,43)31-12-8-5-9-13-31/h4-21,25,32H,3,22-24H2,1-2H3,(H,37,41)/t25-,32+/m0/s1. The lowest BCUT2D eigenvalue weighted by Crippen LogP contribution is -2.54. The second kappa shape index (κ2) is 15.4. The fourth-order valence-electron chi connectivity index (χ4n) is 4.64. The molecule has 0 spiro atoms. The fraction of sp³-hybridized carbons (Fsp3) is 0.235. The van der Waals surface area contributed by atoms with Crippen LogP contribution in [0.2, 0.25) is 5.02 Å². The predicted octanol–water partition coefficient (Wildman–Crippen LogP) is 6.85. The molecule has 0 saturated carbocycles. The maximum atomic E-state index is 14.4. The molecule has 0 aliphatic rings. The van der Waals surface area contributed by atoms with E-state index in [1.807, 2.05) is 68.4 Å². The van der Waals surface area contributed by atoms with Gasteiger partial charge in [0.1, 0.15) is 12.6 Å². The van der Waals surface area contributed by atoms with Crippen LogP contribution >= 0.6 is 27.5 Å². The van der Waals surface area contributed by atoms with Crippen LogP contribution in [-0.2, 0) is 32.6 Å². The Morgan fingerprint density at radius 2 is 1.43 bits per heavy atom. The van der Waals surface area contributed by atoms with Gasteiger partial charge in [0, 0.05) is 28.5 Å². The molecule has 44 heavy (non-hydrogen) atoms. The molecule has 1 N–H and O–H groups in total. The Morgan fingerprint density at radius 3 is 2.02 bits per heavy atom. The van der Waals surface area contributed by atoms with Gasteiger partial charge < -0.3 is 10.2 Å². The van der Waals surface area contributed by atoms with E-state index in [0.717, 1.165) is 19.9 Å². The minimum absolute atomic E-state index is 0.0394. The van der Waals surface area contributed by atoms with Crippen molar-refractivity contribution >= 4 is 55.1 Å². The lowest BCUT2D eigenvalue weighted by molar-refractivity contribution is -0.140. The number of hydrogen-bond donors (Lipinski definition) is 1.